The predicted octanol–water partition coefficient (Wildman–Crippen LogP) is 3.85. The van der Waals surface area contributed by atoms with Crippen LogP contribution in [0, 0.1) is 5.82 Å². The number of nitrogens with one attached hydrogen (secondary N) is 1. The number of aromatic nitrogens is 2. The molecule has 2 rings (SSSR count). The van der Waals surface area contributed by atoms with Gasteiger partial charge in [-0.3, -0.25) is 0 Å². The summed E-state index contributed by atoms with van der Waals surface area (Å²) in [5.41, 5.74) is -0.0867. The fraction of sp³-hybridized carbons (Fsp3) is 0.438. The lowest BCUT2D eigenvalue weighted by atomic mass is 10.2. The highest BCUT2D eigenvalue weighted by Gasteiger charge is 2.23. The van der Waals surface area contributed by atoms with E-state index in [1.807, 2.05) is 6.92 Å². The van der Waals surface area contributed by atoms with Crippen molar-refractivity contribution in [1.82, 2.24) is 15.5 Å². The molecule has 1 heterocycles. The lowest BCUT2D eigenvalue weighted by molar-refractivity contribution is 0.0492. The summed E-state index contributed by atoms with van der Waals surface area (Å²) in [6.45, 7) is 7.21. The van der Waals surface area contributed by atoms with Crippen LogP contribution in [0.1, 0.15) is 46.0 Å². The second-order valence-corrected chi connectivity index (χ2v) is 6.07. The highest BCUT2D eigenvalue weighted by molar-refractivity contribution is 5.68. The third-order valence-corrected chi connectivity index (χ3v) is 2.92. The van der Waals surface area contributed by atoms with E-state index < -0.39 is 17.7 Å². The Bertz CT molecular complexity index is 679. The molecule has 0 aliphatic heterocycles. The van der Waals surface area contributed by atoms with Crippen LogP contribution < -0.4 is 5.32 Å². The van der Waals surface area contributed by atoms with Gasteiger partial charge in [-0.05, 0) is 39.3 Å². The fourth-order valence-electron chi connectivity index (χ4n) is 1.91. The van der Waals surface area contributed by atoms with Crippen LogP contribution in [0.5, 0.6) is 0 Å². The first-order chi connectivity index (χ1) is 10.8. The van der Waals surface area contributed by atoms with Crippen LogP contribution in [0.4, 0.5) is 9.18 Å². The third kappa shape index (κ3) is 4.77. The molecule has 7 heteroatoms. The first kappa shape index (κ1) is 16.9. The molecule has 0 spiro atoms. The maximum absolute atomic E-state index is 13.3. The minimum Gasteiger partial charge on any atom is -0.444 e. The van der Waals surface area contributed by atoms with Crippen molar-refractivity contribution >= 4 is 6.09 Å². The van der Waals surface area contributed by atoms with E-state index in [4.69, 9.17) is 9.26 Å². The zero-order chi connectivity index (χ0) is 17.0. The molecule has 0 radical (unpaired) electrons. The number of hydrogen-bond donors (Lipinski definition) is 1. The molecule has 1 amide bonds. The van der Waals surface area contributed by atoms with Gasteiger partial charge < -0.3 is 14.6 Å². The number of rotatable bonds is 4. The van der Waals surface area contributed by atoms with E-state index in [1.165, 1.54) is 12.1 Å². The Morgan fingerprint density at radius 1 is 1.43 bits per heavy atom. The van der Waals surface area contributed by atoms with E-state index in [-0.39, 0.29) is 17.5 Å². The number of nitrogens with zero attached hydrogens (tertiary/aromatic N) is 2. The molecule has 0 saturated heterocycles. The summed E-state index contributed by atoms with van der Waals surface area (Å²) < 4.78 is 23.7. The van der Waals surface area contributed by atoms with Crippen LogP contribution in [0.3, 0.4) is 0 Å². The second kappa shape index (κ2) is 6.76. The van der Waals surface area contributed by atoms with Gasteiger partial charge in [0.25, 0.3) is 0 Å². The Morgan fingerprint density at radius 2 is 2.17 bits per heavy atom. The minimum atomic E-state index is -0.593. The third-order valence-electron chi connectivity index (χ3n) is 2.92. The van der Waals surface area contributed by atoms with Gasteiger partial charge in [-0.2, -0.15) is 4.98 Å². The monoisotopic (exact) mass is 321 g/mol. The van der Waals surface area contributed by atoms with Crippen molar-refractivity contribution in [3.63, 3.8) is 0 Å². The Kier molecular flexibility index (Phi) is 4.98. The smallest absolute Gasteiger partial charge is 0.408 e. The largest absolute Gasteiger partial charge is 0.444 e. The van der Waals surface area contributed by atoms with E-state index >= 15 is 0 Å². The number of alkyl carbamates (subject to hydrolysis) is 1. The molecule has 1 aromatic carbocycles. The lowest BCUT2D eigenvalue weighted by Crippen LogP contribution is -2.34. The summed E-state index contributed by atoms with van der Waals surface area (Å²) in [6, 6.07) is 5.43. The van der Waals surface area contributed by atoms with Crippen molar-refractivity contribution in [3.8, 4) is 11.4 Å². The molecular formula is C16H20FN3O3. The van der Waals surface area contributed by atoms with Crippen molar-refractivity contribution in [2.24, 2.45) is 0 Å². The summed E-state index contributed by atoms with van der Waals surface area (Å²) in [5.74, 6) is 0.134. The molecule has 0 bridgehead atoms. The standard InChI is InChI=1S/C16H20FN3O3/c1-5-12(18-15(21)22-16(2,3)4)14-19-13(20-23-14)10-7-6-8-11(17)9-10/h6-9,12H,5H2,1-4H3,(H,18,21)/t12-/m0/s1. The van der Waals surface area contributed by atoms with Crippen LogP contribution in [-0.4, -0.2) is 21.8 Å². The predicted molar refractivity (Wildman–Crippen MR) is 82.1 cm³/mol. The van der Waals surface area contributed by atoms with Gasteiger partial charge in [0.15, 0.2) is 0 Å². The van der Waals surface area contributed by atoms with Crippen molar-refractivity contribution in [2.45, 2.75) is 45.8 Å². The summed E-state index contributed by atoms with van der Waals surface area (Å²) in [6.07, 6.45) is -0.0147. The highest BCUT2D eigenvalue weighted by atomic mass is 19.1. The van der Waals surface area contributed by atoms with E-state index in [0.717, 1.165) is 0 Å². The number of carbonyl (C=O) groups excluding carboxylic acids is 1. The van der Waals surface area contributed by atoms with E-state index in [9.17, 15) is 9.18 Å². The molecule has 6 nitrogen and oxygen atoms in total. The molecule has 124 valence electrons. The Morgan fingerprint density at radius 3 is 2.78 bits per heavy atom. The molecular weight excluding hydrogens is 301 g/mol. The Labute approximate surface area is 134 Å². The van der Waals surface area contributed by atoms with Crippen molar-refractivity contribution < 1.29 is 18.4 Å². The topological polar surface area (TPSA) is 77.2 Å². The first-order valence-corrected chi connectivity index (χ1v) is 7.37. The highest BCUT2D eigenvalue weighted by Crippen LogP contribution is 2.21. The number of benzene rings is 1. The van der Waals surface area contributed by atoms with Crippen LogP contribution in [0.15, 0.2) is 28.8 Å². The molecule has 0 saturated carbocycles. The van der Waals surface area contributed by atoms with Gasteiger partial charge in [-0.15, -0.1) is 0 Å². The number of halogens is 1. The molecule has 1 N–H and O–H groups in total. The maximum atomic E-state index is 13.3. The SMILES string of the molecule is CC[C@H](NC(=O)OC(C)(C)C)c1nc(-c2cccc(F)c2)no1. The number of hydrogen-bond acceptors (Lipinski definition) is 5. The van der Waals surface area contributed by atoms with Crippen LogP contribution in [-0.2, 0) is 4.74 Å². The van der Waals surface area contributed by atoms with Crippen molar-refractivity contribution in [1.29, 1.82) is 0 Å². The molecule has 0 aliphatic carbocycles. The molecule has 1 aromatic heterocycles. The van der Waals surface area contributed by atoms with Crippen LogP contribution >= 0.6 is 0 Å². The zero-order valence-corrected chi connectivity index (χ0v) is 13.6. The normalized spacial score (nSPS) is 12.7. The van der Waals surface area contributed by atoms with E-state index in [1.54, 1.807) is 32.9 Å². The number of amides is 1. The summed E-state index contributed by atoms with van der Waals surface area (Å²) in [7, 11) is 0. The average Bonchev–Trinajstić information content (AvgIpc) is 2.92. The van der Waals surface area contributed by atoms with Gasteiger partial charge in [-0.1, -0.05) is 24.2 Å². The van der Waals surface area contributed by atoms with Crippen molar-refractivity contribution in [3.05, 3.63) is 36.0 Å². The summed E-state index contributed by atoms with van der Waals surface area (Å²) in [4.78, 5) is 16.1. The average molecular weight is 321 g/mol. The number of carbonyl (C=O) groups is 1. The molecule has 2 aromatic rings. The lowest BCUT2D eigenvalue weighted by Gasteiger charge is -2.21. The summed E-state index contributed by atoms with van der Waals surface area (Å²) >= 11 is 0. The Balaban J connectivity index is 2.12. The summed E-state index contributed by atoms with van der Waals surface area (Å²) in [5, 5.41) is 6.52. The van der Waals surface area contributed by atoms with Crippen LogP contribution in [0.25, 0.3) is 11.4 Å². The van der Waals surface area contributed by atoms with Crippen molar-refractivity contribution in [2.75, 3.05) is 0 Å². The van der Waals surface area contributed by atoms with E-state index in [0.29, 0.717) is 12.0 Å². The Hall–Kier alpha value is -2.44. The van der Waals surface area contributed by atoms with Gasteiger partial charge in [0, 0.05) is 5.56 Å². The van der Waals surface area contributed by atoms with E-state index in [2.05, 4.69) is 15.5 Å². The molecule has 0 unspecified atom stereocenters. The minimum absolute atomic E-state index is 0.248. The molecule has 1 atom stereocenters. The van der Waals surface area contributed by atoms with Crippen LogP contribution in [0.2, 0.25) is 0 Å². The van der Waals surface area contributed by atoms with Gasteiger partial charge in [0.1, 0.15) is 17.5 Å². The molecule has 0 aliphatic rings. The maximum Gasteiger partial charge on any atom is 0.408 e. The van der Waals surface area contributed by atoms with Gasteiger partial charge >= 0.3 is 6.09 Å². The van der Waals surface area contributed by atoms with Gasteiger partial charge in [0.05, 0.1) is 0 Å². The molecule has 23 heavy (non-hydrogen) atoms. The number of ether oxygens (including phenoxy) is 1. The van der Waals surface area contributed by atoms with Gasteiger partial charge in [-0.25, -0.2) is 9.18 Å². The second-order valence-electron chi connectivity index (χ2n) is 6.07. The zero-order valence-electron chi connectivity index (χ0n) is 13.6. The van der Waals surface area contributed by atoms with Gasteiger partial charge in [0.2, 0.25) is 11.7 Å². The fourth-order valence-corrected chi connectivity index (χ4v) is 1.91. The first-order valence-electron chi connectivity index (χ1n) is 7.37. The molecule has 0 fully saturated rings. The quantitative estimate of drug-likeness (QED) is 0.925.